The Hall–Kier alpha value is -0.780. The summed E-state index contributed by atoms with van der Waals surface area (Å²) < 4.78 is 5.37. The topological polar surface area (TPSA) is 51.2 Å². The highest BCUT2D eigenvalue weighted by atomic mass is 32.1. The van der Waals surface area contributed by atoms with E-state index in [-0.39, 0.29) is 17.7 Å². The lowest BCUT2D eigenvalue weighted by atomic mass is 9.96. The van der Waals surface area contributed by atoms with Gasteiger partial charge in [-0.1, -0.05) is 6.92 Å². The molecule has 1 aromatic rings. The highest BCUT2D eigenvalue weighted by Crippen LogP contribution is 2.18. The molecule has 0 saturated carbocycles. The van der Waals surface area contributed by atoms with Gasteiger partial charge in [-0.2, -0.15) is 0 Å². The molecule has 0 radical (unpaired) electrons. The quantitative estimate of drug-likeness (QED) is 0.830. The second-order valence-corrected chi connectivity index (χ2v) is 4.89. The number of likely N-dealkylation sites (N-methyl/N-ethyl adjacent to an activating group) is 1. The predicted octanol–water partition coefficient (Wildman–Crippen LogP) is 0.879. The number of carbonyl (C=O) groups is 1. The molecule has 2 heterocycles. The number of carbonyl (C=O) groups excluding carboxylic acids is 1. The van der Waals surface area contributed by atoms with E-state index in [1.807, 2.05) is 6.92 Å². The maximum Gasteiger partial charge on any atom is 0.145 e. The first-order valence-corrected chi connectivity index (χ1v) is 6.40. The van der Waals surface area contributed by atoms with Gasteiger partial charge >= 0.3 is 0 Å². The van der Waals surface area contributed by atoms with Crippen molar-refractivity contribution in [3.05, 3.63) is 16.6 Å². The first kappa shape index (κ1) is 11.7. The number of hydrogen-bond donors (Lipinski definition) is 1. The van der Waals surface area contributed by atoms with Crippen LogP contribution in [0, 0.1) is 5.92 Å². The molecule has 0 spiro atoms. The molecule has 0 bridgehead atoms. The molecule has 1 saturated heterocycles. The lowest BCUT2D eigenvalue weighted by Gasteiger charge is -2.16. The number of thiazole rings is 1. The Morgan fingerprint density at radius 3 is 3.25 bits per heavy atom. The number of hydrogen-bond acceptors (Lipinski definition) is 5. The van der Waals surface area contributed by atoms with E-state index in [0.717, 1.165) is 11.4 Å². The molecule has 5 heteroatoms. The van der Waals surface area contributed by atoms with Crippen molar-refractivity contribution in [3.8, 4) is 0 Å². The van der Waals surface area contributed by atoms with Crippen LogP contribution >= 0.6 is 11.3 Å². The van der Waals surface area contributed by atoms with Crippen LogP contribution in [0.1, 0.15) is 11.8 Å². The Labute approximate surface area is 99.0 Å². The number of nitrogens with one attached hydrogen (secondary N) is 1. The van der Waals surface area contributed by atoms with Gasteiger partial charge < -0.3 is 10.1 Å². The van der Waals surface area contributed by atoms with Gasteiger partial charge in [0.2, 0.25) is 0 Å². The minimum atomic E-state index is 0.00190. The fraction of sp³-hybridized carbons (Fsp3) is 0.636. The van der Waals surface area contributed by atoms with Crippen molar-refractivity contribution in [1.29, 1.82) is 0 Å². The van der Waals surface area contributed by atoms with Gasteiger partial charge in [-0.3, -0.25) is 9.78 Å². The molecular formula is C11H16N2O2S. The normalized spacial score (nSPS) is 24.8. The summed E-state index contributed by atoms with van der Waals surface area (Å²) >= 11 is 1.53. The van der Waals surface area contributed by atoms with Crippen molar-refractivity contribution < 1.29 is 9.53 Å². The third kappa shape index (κ3) is 2.66. The molecule has 1 aliphatic rings. The second kappa shape index (κ2) is 5.52. The van der Waals surface area contributed by atoms with Gasteiger partial charge in [0.25, 0.3) is 0 Å². The fourth-order valence-electron chi connectivity index (χ4n) is 1.97. The van der Waals surface area contributed by atoms with Crippen molar-refractivity contribution in [1.82, 2.24) is 10.3 Å². The Morgan fingerprint density at radius 2 is 2.56 bits per heavy atom. The summed E-state index contributed by atoms with van der Waals surface area (Å²) in [5, 5.41) is 3.30. The summed E-state index contributed by atoms with van der Waals surface area (Å²) in [6.45, 7) is 4.11. The summed E-state index contributed by atoms with van der Waals surface area (Å²) in [5.74, 6) is 0.259. The summed E-state index contributed by atoms with van der Waals surface area (Å²) in [5.41, 5.74) is 1.76. The van der Waals surface area contributed by atoms with E-state index in [9.17, 15) is 4.79 Å². The number of rotatable bonds is 5. The Bertz CT molecular complexity index is 340. The molecule has 1 N–H and O–H groups in total. The van der Waals surface area contributed by atoms with Gasteiger partial charge in [-0.15, -0.1) is 11.3 Å². The number of aromatic nitrogens is 1. The molecule has 16 heavy (non-hydrogen) atoms. The van der Waals surface area contributed by atoms with E-state index in [2.05, 4.69) is 10.3 Å². The average molecular weight is 240 g/mol. The molecule has 1 fully saturated rings. The molecule has 0 aliphatic carbocycles. The lowest BCUT2D eigenvalue weighted by molar-refractivity contribution is -0.122. The van der Waals surface area contributed by atoms with E-state index < -0.39 is 0 Å². The average Bonchev–Trinajstić information content (AvgIpc) is 2.89. The molecule has 1 aromatic heterocycles. The Kier molecular flexibility index (Phi) is 4.04. The van der Waals surface area contributed by atoms with Crippen LogP contribution in [0.4, 0.5) is 0 Å². The maximum absolute atomic E-state index is 12.1. The monoisotopic (exact) mass is 240 g/mol. The molecule has 1 aliphatic heterocycles. The van der Waals surface area contributed by atoms with Crippen molar-refractivity contribution in [2.24, 2.45) is 5.92 Å². The zero-order valence-corrected chi connectivity index (χ0v) is 10.1. The first-order chi connectivity index (χ1) is 7.81. The zero-order valence-electron chi connectivity index (χ0n) is 9.31. The second-order valence-electron chi connectivity index (χ2n) is 3.92. The SMILES string of the molecule is CCNC1COCC1C(=O)Cc1cncs1. The van der Waals surface area contributed by atoms with Crippen LogP contribution in [0.3, 0.4) is 0 Å². The molecule has 0 amide bonds. The number of nitrogens with zero attached hydrogens (tertiary/aromatic N) is 1. The van der Waals surface area contributed by atoms with Gasteiger partial charge in [0, 0.05) is 23.5 Å². The number of ether oxygens (including phenoxy) is 1. The van der Waals surface area contributed by atoms with Gasteiger partial charge in [-0.05, 0) is 6.54 Å². The van der Waals surface area contributed by atoms with Gasteiger partial charge in [-0.25, -0.2) is 0 Å². The highest BCUT2D eigenvalue weighted by Gasteiger charge is 2.33. The fourth-order valence-corrected chi connectivity index (χ4v) is 2.57. The molecule has 2 unspecified atom stereocenters. The van der Waals surface area contributed by atoms with Crippen LogP contribution < -0.4 is 5.32 Å². The molecular weight excluding hydrogens is 224 g/mol. The van der Waals surface area contributed by atoms with Crippen LogP contribution in [0.5, 0.6) is 0 Å². The van der Waals surface area contributed by atoms with Crippen LogP contribution in [0.15, 0.2) is 11.7 Å². The number of Topliss-reactive ketones (excluding diaryl/α,β-unsaturated/α-hetero) is 1. The van der Waals surface area contributed by atoms with Crippen LogP contribution in [-0.2, 0) is 16.0 Å². The van der Waals surface area contributed by atoms with Crippen LogP contribution in [0.2, 0.25) is 0 Å². The van der Waals surface area contributed by atoms with E-state index in [0.29, 0.717) is 19.6 Å². The molecule has 88 valence electrons. The zero-order chi connectivity index (χ0) is 11.4. The van der Waals surface area contributed by atoms with Crippen molar-refractivity contribution in [2.45, 2.75) is 19.4 Å². The van der Waals surface area contributed by atoms with E-state index >= 15 is 0 Å². The summed E-state index contributed by atoms with van der Waals surface area (Å²) in [6, 6.07) is 0.186. The summed E-state index contributed by atoms with van der Waals surface area (Å²) in [4.78, 5) is 17.1. The van der Waals surface area contributed by atoms with E-state index in [1.165, 1.54) is 11.3 Å². The van der Waals surface area contributed by atoms with E-state index in [1.54, 1.807) is 11.7 Å². The van der Waals surface area contributed by atoms with Gasteiger partial charge in [0.15, 0.2) is 0 Å². The molecule has 2 atom stereocenters. The molecule has 2 rings (SSSR count). The van der Waals surface area contributed by atoms with Crippen LogP contribution in [0.25, 0.3) is 0 Å². The summed E-state index contributed by atoms with van der Waals surface area (Å²) in [7, 11) is 0. The Morgan fingerprint density at radius 1 is 1.69 bits per heavy atom. The smallest absolute Gasteiger partial charge is 0.145 e. The van der Waals surface area contributed by atoms with Crippen molar-refractivity contribution >= 4 is 17.1 Å². The van der Waals surface area contributed by atoms with Gasteiger partial charge in [0.05, 0.1) is 24.6 Å². The first-order valence-electron chi connectivity index (χ1n) is 5.52. The highest BCUT2D eigenvalue weighted by molar-refractivity contribution is 7.09. The number of ketones is 1. The standard InChI is InChI=1S/C11H16N2O2S/c1-2-13-10-6-15-5-9(10)11(14)3-8-4-12-7-16-8/h4,7,9-10,13H,2-3,5-6H2,1H3. The Balaban J connectivity index is 1.93. The largest absolute Gasteiger partial charge is 0.379 e. The molecule has 0 aromatic carbocycles. The van der Waals surface area contributed by atoms with E-state index in [4.69, 9.17) is 4.74 Å². The maximum atomic E-state index is 12.1. The summed E-state index contributed by atoms with van der Waals surface area (Å²) in [6.07, 6.45) is 2.25. The third-order valence-corrected chi connectivity index (χ3v) is 3.57. The van der Waals surface area contributed by atoms with Crippen molar-refractivity contribution in [3.63, 3.8) is 0 Å². The predicted molar refractivity (Wildman–Crippen MR) is 62.6 cm³/mol. The molecule has 4 nitrogen and oxygen atoms in total. The minimum Gasteiger partial charge on any atom is -0.379 e. The third-order valence-electron chi connectivity index (χ3n) is 2.79. The van der Waals surface area contributed by atoms with Gasteiger partial charge in [0.1, 0.15) is 5.78 Å². The van der Waals surface area contributed by atoms with Crippen LogP contribution in [-0.4, -0.2) is 36.6 Å². The minimum absolute atomic E-state index is 0.00190. The van der Waals surface area contributed by atoms with Crippen molar-refractivity contribution in [2.75, 3.05) is 19.8 Å². The lowest BCUT2D eigenvalue weighted by Crippen LogP contribution is -2.39.